The molecule has 33 heavy (non-hydrogen) atoms. The van der Waals surface area contributed by atoms with Gasteiger partial charge in [0, 0.05) is 10.9 Å². The van der Waals surface area contributed by atoms with Crippen molar-refractivity contribution in [2.45, 2.75) is 26.8 Å². The highest BCUT2D eigenvalue weighted by atomic mass is 16.5. The van der Waals surface area contributed by atoms with Gasteiger partial charge in [-0.1, -0.05) is 78.4 Å². The molecule has 1 atom stereocenters. The number of ether oxygens (including phenoxy) is 1. The second-order valence-electron chi connectivity index (χ2n) is 8.12. The molecule has 0 saturated carbocycles. The minimum absolute atomic E-state index is 0.186. The molecule has 0 aliphatic rings. The molecule has 0 radical (unpaired) electrons. The van der Waals surface area contributed by atoms with Crippen LogP contribution in [0.1, 0.15) is 40.0 Å². The maximum absolute atomic E-state index is 13.1. The zero-order valence-electron chi connectivity index (χ0n) is 19.0. The van der Waals surface area contributed by atoms with Crippen LogP contribution in [0.15, 0.2) is 78.9 Å². The van der Waals surface area contributed by atoms with E-state index in [0.717, 1.165) is 27.9 Å². The van der Waals surface area contributed by atoms with Gasteiger partial charge in [0.2, 0.25) is 0 Å². The molecule has 1 amide bonds. The van der Waals surface area contributed by atoms with Crippen molar-refractivity contribution in [3.05, 3.63) is 101 Å². The van der Waals surface area contributed by atoms with Crippen molar-refractivity contribution < 1.29 is 14.3 Å². The van der Waals surface area contributed by atoms with E-state index in [0.29, 0.717) is 16.5 Å². The SMILES string of the molecule is Cc1ccc(-c2nc3ccccc3c(C(=O)OCC(=O)N[C@H](C)c3ccccc3)c2C)cc1. The third kappa shape index (κ3) is 4.93. The molecule has 1 heterocycles. The van der Waals surface area contributed by atoms with Gasteiger partial charge in [-0.3, -0.25) is 4.79 Å². The van der Waals surface area contributed by atoms with Crippen molar-refractivity contribution in [1.82, 2.24) is 10.3 Å². The number of hydrogen-bond acceptors (Lipinski definition) is 4. The maximum atomic E-state index is 13.1. The highest BCUT2D eigenvalue weighted by Gasteiger charge is 2.21. The third-order valence-electron chi connectivity index (χ3n) is 5.68. The predicted molar refractivity (Wildman–Crippen MR) is 130 cm³/mol. The van der Waals surface area contributed by atoms with Crippen LogP contribution >= 0.6 is 0 Å². The highest BCUT2D eigenvalue weighted by Crippen LogP contribution is 2.30. The lowest BCUT2D eigenvalue weighted by Gasteiger charge is -2.16. The molecular weight excluding hydrogens is 412 g/mol. The first kappa shape index (κ1) is 22.2. The fraction of sp³-hybridized carbons (Fsp3) is 0.179. The number of rotatable bonds is 6. The molecule has 0 saturated heterocycles. The minimum atomic E-state index is -0.540. The molecule has 4 rings (SSSR count). The summed E-state index contributed by atoms with van der Waals surface area (Å²) in [7, 11) is 0. The summed E-state index contributed by atoms with van der Waals surface area (Å²) in [6.45, 7) is 5.43. The Balaban J connectivity index is 1.58. The van der Waals surface area contributed by atoms with Crippen LogP contribution in [0.3, 0.4) is 0 Å². The van der Waals surface area contributed by atoms with E-state index < -0.39 is 5.97 Å². The van der Waals surface area contributed by atoms with Gasteiger partial charge in [0.25, 0.3) is 5.91 Å². The van der Waals surface area contributed by atoms with Gasteiger partial charge in [-0.2, -0.15) is 0 Å². The Morgan fingerprint density at radius 3 is 2.30 bits per heavy atom. The predicted octanol–water partition coefficient (Wildman–Crippen LogP) is 5.55. The fourth-order valence-corrected chi connectivity index (χ4v) is 3.87. The molecule has 1 N–H and O–H groups in total. The van der Waals surface area contributed by atoms with Crippen molar-refractivity contribution in [2.75, 3.05) is 6.61 Å². The Labute approximate surface area is 193 Å². The third-order valence-corrected chi connectivity index (χ3v) is 5.68. The van der Waals surface area contributed by atoms with Crippen LogP contribution in [0.25, 0.3) is 22.2 Å². The van der Waals surface area contributed by atoms with Crippen molar-refractivity contribution in [3.63, 3.8) is 0 Å². The molecule has 5 heteroatoms. The van der Waals surface area contributed by atoms with Crippen molar-refractivity contribution in [2.24, 2.45) is 0 Å². The van der Waals surface area contributed by atoms with E-state index in [1.54, 1.807) is 0 Å². The molecule has 0 aliphatic carbocycles. The normalized spacial score (nSPS) is 11.7. The van der Waals surface area contributed by atoms with Crippen LogP contribution in [0.4, 0.5) is 0 Å². The average molecular weight is 439 g/mol. The van der Waals surface area contributed by atoms with Gasteiger partial charge in [-0.25, -0.2) is 9.78 Å². The van der Waals surface area contributed by atoms with Crippen LogP contribution < -0.4 is 5.32 Å². The van der Waals surface area contributed by atoms with E-state index in [4.69, 9.17) is 9.72 Å². The summed E-state index contributed by atoms with van der Waals surface area (Å²) < 4.78 is 5.45. The maximum Gasteiger partial charge on any atom is 0.339 e. The summed E-state index contributed by atoms with van der Waals surface area (Å²) in [5.41, 5.74) is 5.63. The molecule has 1 aromatic heterocycles. The molecule has 0 fully saturated rings. The van der Waals surface area contributed by atoms with Gasteiger partial charge in [0.05, 0.1) is 22.8 Å². The summed E-state index contributed by atoms with van der Waals surface area (Å²) in [4.78, 5) is 30.4. The van der Waals surface area contributed by atoms with Crippen LogP contribution in [0.5, 0.6) is 0 Å². The number of nitrogens with one attached hydrogen (secondary N) is 1. The van der Waals surface area contributed by atoms with Gasteiger partial charge in [0.15, 0.2) is 6.61 Å². The number of benzene rings is 3. The van der Waals surface area contributed by atoms with Gasteiger partial charge in [-0.15, -0.1) is 0 Å². The van der Waals surface area contributed by atoms with Crippen molar-refractivity contribution in [3.8, 4) is 11.3 Å². The van der Waals surface area contributed by atoms with E-state index in [-0.39, 0.29) is 18.6 Å². The number of amides is 1. The number of pyridine rings is 1. The smallest absolute Gasteiger partial charge is 0.339 e. The first-order valence-corrected chi connectivity index (χ1v) is 10.9. The zero-order chi connectivity index (χ0) is 23.4. The number of aromatic nitrogens is 1. The van der Waals surface area contributed by atoms with Crippen molar-refractivity contribution >= 4 is 22.8 Å². The Kier molecular flexibility index (Phi) is 6.50. The van der Waals surface area contributed by atoms with E-state index in [9.17, 15) is 9.59 Å². The fourth-order valence-electron chi connectivity index (χ4n) is 3.87. The Bertz CT molecular complexity index is 1300. The summed E-state index contributed by atoms with van der Waals surface area (Å²) in [5.74, 6) is -0.892. The number of para-hydroxylation sites is 1. The van der Waals surface area contributed by atoms with Crippen LogP contribution in [-0.4, -0.2) is 23.5 Å². The summed E-state index contributed by atoms with van der Waals surface area (Å²) in [6.07, 6.45) is 0. The summed E-state index contributed by atoms with van der Waals surface area (Å²) in [5, 5.41) is 3.57. The molecule has 0 aliphatic heterocycles. The van der Waals surface area contributed by atoms with Crippen LogP contribution in [0, 0.1) is 13.8 Å². The van der Waals surface area contributed by atoms with E-state index >= 15 is 0 Å². The summed E-state index contributed by atoms with van der Waals surface area (Å²) >= 11 is 0. The number of nitrogens with zero attached hydrogens (tertiary/aromatic N) is 1. The number of carbonyl (C=O) groups is 2. The molecule has 0 spiro atoms. The Morgan fingerprint density at radius 1 is 0.909 bits per heavy atom. The Hall–Kier alpha value is -3.99. The van der Waals surface area contributed by atoms with Gasteiger partial charge in [0.1, 0.15) is 0 Å². The second kappa shape index (κ2) is 9.65. The van der Waals surface area contributed by atoms with Gasteiger partial charge >= 0.3 is 5.97 Å². The van der Waals surface area contributed by atoms with Crippen LogP contribution in [-0.2, 0) is 9.53 Å². The number of carbonyl (C=O) groups excluding carboxylic acids is 2. The van der Waals surface area contributed by atoms with E-state index in [1.165, 1.54) is 0 Å². The monoisotopic (exact) mass is 438 g/mol. The lowest BCUT2D eigenvalue weighted by Crippen LogP contribution is -2.31. The lowest BCUT2D eigenvalue weighted by atomic mass is 9.97. The second-order valence-corrected chi connectivity index (χ2v) is 8.12. The van der Waals surface area contributed by atoms with Crippen molar-refractivity contribution in [1.29, 1.82) is 0 Å². The largest absolute Gasteiger partial charge is 0.452 e. The van der Waals surface area contributed by atoms with Gasteiger partial charge in [-0.05, 0) is 38.0 Å². The molecule has 4 aromatic rings. The first-order valence-electron chi connectivity index (χ1n) is 10.9. The first-order chi connectivity index (χ1) is 15.9. The topological polar surface area (TPSA) is 68.3 Å². The zero-order valence-corrected chi connectivity index (χ0v) is 19.0. The number of esters is 1. The van der Waals surface area contributed by atoms with Crippen LogP contribution in [0.2, 0.25) is 0 Å². The lowest BCUT2D eigenvalue weighted by molar-refractivity contribution is -0.124. The molecule has 0 bridgehead atoms. The average Bonchev–Trinajstić information content (AvgIpc) is 2.83. The standard InChI is InChI=1S/C28H26N2O3/c1-18-13-15-22(16-14-18)27-19(2)26(23-11-7-8-12-24(23)30-27)28(32)33-17-25(31)29-20(3)21-9-5-4-6-10-21/h4-16,20H,17H2,1-3H3,(H,29,31)/t20-/m1/s1. The van der Waals surface area contributed by atoms with E-state index in [1.807, 2.05) is 99.6 Å². The van der Waals surface area contributed by atoms with Gasteiger partial charge < -0.3 is 10.1 Å². The molecule has 3 aromatic carbocycles. The number of hydrogen-bond donors (Lipinski definition) is 1. The number of aryl methyl sites for hydroxylation is 1. The Morgan fingerprint density at radius 2 is 1.58 bits per heavy atom. The minimum Gasteiger partial charge on any atom is -0.452 e. The quantitative estimate of drug-likeness (QED) is 0.401. The van der Waals surface area contributed by atoms with E-state index in [2.05, 4.69) is 5.32 Å². The molecule has 5 nitrogen and oxygen atoms in total. The molecule has 0 unspecified atom stereocenters. The number of fused-ring (bicyclic) bond motifs is 1. The summed E-state index contributed by atoms with van der Waals surface area (Å²) in [6, 6.07) is 24.9. The molecule has 166 valence electrons. The molecular formula is C28H26N2O3. The highest BCUT2D eigenvalue weighted by molar-refractivity contribution is 6.06.